The van der Waals surface area contributed by atoms with Crippen LogP contribution in [0.4, 0.5) is 5.69 Å². The molecular weight excluding hydrogens is 188 g/mol. The average molecular weight is 204 g/mol. The number of anilines is 1. The first-order valence-corrected chi connectivity index (χ1v) is 5.20. The van der Waals surface area contributed by atoms with Crippen LogP contribution in [-0.4, -0.2) is 11.8 Å². The lowest BCUT2D eigenvalue weighted by atomic mass is 10.0. The third-order valence-corrected chi connectivity index (χ3v) is 2.47. The van der Waals surface area contributed by atoms with Crippen molar-refractivity contribution >= 4 is 11.4 Å². The third kappa shape index (κ3) is 2.12. The highest BCUT2D eigenvalue weighted by Crippen LogP contribution is 2.33. The summed E-state index contributed by atoms with van der Waals surface area (Å²) in [6, 6.07) is 3.84. The molecule has 3 heteroatoms. The maximum Gasteiger partial charge on any atom is 0.131 e. The van der Waals surface area contributed by atoms with Crippen LogP contribution >= 0.6 is 0 Å². The molecule has 15 heavy (non-hydrogen) atoms. The zero-order chi connectivity index (χ0) is 11.0. The summed E-state index contributed by atoms with van der Waals surface area (Å²) < 4.78 is 5.76. The van der Waals surface area contributed by atoms with E-state index < -0.39 is 0 Å². The quantitative estimate of drug-likeness (QED) is 0.587. The fraction of sp³-hybridized carbons (Fsp3) is 0.417. The number of aryl methyl sites for hydroxylation is 1. The van der Waals surface area contributed by atoms with Gasteiger partial charge in [-0.25, -0.2) is 0 Å². The van der Waals surface area contributed by atoms with Crippen molar-refractivity contribution in [2.45, 2.75) is 32.8 Å². The van der Waals surface area contributed by atoms with Crippen LogP contribution in [-0.2, 0) is 0 Å². The van der Waals surface area contributed by atoms with Gasteiger partial charge in [-0.2, -0.15) is 0 Å². The van der Waals surface area contributed by atoms with Crippen molar-refractivity contribution in [3.63, 3.8) is 0 Å². The summed E-state index contributed by atoms with van der Waals surface area (Å²) in [5.41, 5.74) is 8.82. The predicted molar refractivity (Wildman–Crippen MR) is 61.7 cm³/mol. The van der Waals surface area contributed by atoms with Crippen molar-refractivity contribution in [2.24, 2.45) is 0 Å². The van der Waals surface area contributed by atoms with Crippen LogP contribution in [0.2, 0.25) is 0 Å². The molecule has 0 heterocycles. The van der Waals surface area contributed by atoms with E-state index >= 15 is 0 Å². The largest absolute Gasteiger partial charge is 0.490 e. The van der Waals surface area contributed by atoms with Crippen LogP contribution < -0.4 is 10.5 Å². The molecule has 1 fully saturated rings. The van der Waals surface area contributed by atoms with E-state index in [2.05, 4.69) is 0 Å². The molecule has 0 radical (unpaired) electrons. The van der Waals surface area contributed by atoms with Crippen molar-refractivity contribution in [3.8, 4) is 5.75 Å². The Morgan fingerprint density at radius 3 is 2.67 bits per heavy atom. The van der Waals surface area contributed by atoms with E-state index in [-0.39, 0.29) is 0 Å². The number of rotatable bonds is 3. The van der Waals surface area contributed by atoms with E-state index in [4.69, 9.17) is 15.9 Å². The lowest BCUT2D eigenvalue weighted by molar-refractivity contribution is 0.302. The van der Waals surface area contributed by atoms with Gasteiger partial charge in [-0.15, -0.1) is 0 Å². The molecule has 0 bridgehead atoms. The lowest BCUT2D eigenvalue weighted by Gasteiger charge is -2.13. The number of nitrogens with one attached hydrogen (secondary N) is 1. The summed E-state index contributed by atoms with van der Waals surface area (Å²) in [5, 5.41) is 7.69. The number of nitrogens with two attached hydrogens (primary N) is 1. The molecule has 1 aromatic carbocycles. The molecule has 3 nitrogen and oxygen atoms in total. The minimum atomic E-state index is 0.337. The van der Waals surface area contributed by atoms with Crippen LogP contribution in [0.3, 0.4) is 0 Å². The molecule has 1 aromatic rings. The molecular formula is C12H16N2O. The van der Waals surface area contributed by atoms with Gasteiger partial charge >= 0.3 is 0 Å². The molecule has 0 atom stereocenters. The van der Waals surface area contributed by atoms with Gasteiger partial charge in [0.25, 0.3) is 0 Å². The molecule has 1 aliphatic rings. The van der Waals surface area contributed by atoms with Gasteiger partial charge in [0.2, 0.25) is 0 Å². The van der Waals surface area contributed by atoms with Gasteiger partial charge in [0, 0.05) is 11.4 Å². The minimum absolute atomic E-state index is 0.337. The molecule has 1 saturated carbocycles. The van der Waals surface area contributed by atoms with Crippen molar-refractivity contribution < 1.29 is 4.74 Å². The highest BCUT2D eigenvalue weighted by Gasteiger charge is 2.25. The Morgan fingerprint density at radius 2 is 2.13 bits per heavy atom. The lowest BCUT2D eigenvalue weighted by Crippen LogP contribution is -2.06. The van der Waals surface area contributed by atoms with Crippen molar-refractivity contribution in [1.82, 2.24) is 0 Å². The summed E-state index contributed by atoms with van der Waals surface area (Å²) in [7, 11) is 0. The first-order valence-electron chi connectivity index (χ1n) is 5.20. The van der Waals surface area contributed by atoms with Crippen LogP contribution in [0.5, 0.6) is 5.75 Å². The smallest absolute Gasteiger partial charge is 0.131 e. The third-order valence-electron chi connectivity index (χ3n) is 2.47. The number of ether oxygens (including phenoxy) is 1. The van der Waals surface area contributed by atoms with Gasteiger partial charge in [0.1, 0.15) is 5.75 Å². The van der Waals surface area contributed by atoms with Crippen LogP contribution in [0.15, 0.2) is 12.1 Å². The van der Waals surface area contributed by atoms with Crippen molar-refractivity contribution in [3.05, 3.63) is 23.3 Å². The number of benzene rings is 1. The second-order valence-corrected chi connectivity index (χ2v) is 4.17. The maximum atomic E-state index is 7.69. The van der Waals surface area contributed by atoms with Crippen LogP contribution in [0.25, 0.3) is 0 Å². The minimum Gasteiger partial charge on any atom is -0.490 e. The molecule has 0 aromatic heterocycles. The second-order valence-electron chi connectivity index (χ2n) is 4.17. The average Bonchev–Trinajstić information content (AvgIpc) is 2.85. The first-order chi connectivity index (χ1) is 7.08. The summed E-state index contributed by atoms with van der Waals surface area (Å²) >= 11 is 0. The van der Waals surface area contributed by atoms with Crippen molar-refractivity contribution in [2.75, 3.05) is 5.73 Å². The molecule has 0 aliphatic heterocycles. The number of nitrogen functional groups attached to an aromatic ring is 1. The summed E-state index contributed by atoms with van der Waals surface area (Å²) in [6.07, 6.45) is 2.57. The normalized spacial score (nSPS) is 15.1. The van der Waals surface area contributed by atoms with Crippen molar-refractivity contribution in [1.29, 1.82) is 5.41 Å². The van der Waals surface area contributed by atoms with Gasteiger partial charge in [-0.3, -0.25) is 0 Å². The van der Waals surface area contributed by atoms with Gasteiger partial charge < -0.3 is 15.9 Å². The molecule has 0 amide bonds. The summed E-state index contributed by atoms with van der Waals surface area (Å²) in [4.78, 5) is 0. The van der Waals surface area contributed by atoms with Crippen LogP contribution in [0.1, 0.15) is 30.9 Å². The summed E-state index contributed by atoms with van der Waals surface area (Å²) in [5.74, 6) is 0.766. The molecule has 0 saturated heterocycles. The Labute approximate surface area is 89.8 Å². The van der Waals surface area contributed by atoms with Gasteiger partial charge in [-0.05, 0) is 44.4 Å². The zero-order valence-corrected chi connectivity index (χ0v) is 9.13. The Morgan fingerprint density at radius 1 is 1.47 bits per heavy atom. The fourth-order valence-corrected chi connectivity index (χ4v) is 1.64. The Bertz CT molecular complexity index is 408. The SMILES string of the molecule is CC(=N)c1c(N)cc(C)cc1OC1CC1. The van der Waals surface area contributed by atoms with Gasteiger partial charge in [-0.1, -0.05) is 0 Å². The monoisotopic (exact) mass is 204 g/mol. The van der Waals surface area contributed by atoms with E-state index in [0.717, 1.165) is 29.7 Å². The molecule has 80 valence electrons. The van der Waals surface area contributed by atoms with Gasteiger partial charge in [0.15, 0.2) is 0 Å². The van der Waals surface area contributed by atoms with Crippen LogP contribution in [0, 0.1) is 12.3 Å². The molecule has 1 aliphatic carbocycles. The highest BCUT2D eigenvalue weighted by atomic mass is 16.5. The summed E-state index contributed by atoms with van der Waals surface area (Å²) in [6.45, 7) is 3.72. The van der Waals surface area contributed by atoms with E-state index in [9.17, 15) is 0 Å². The first kappa shape index (κ1) is 10.0. The fourth-order valence-electron chi connectivity index (χ4n) is 1.64. The molecule has 0 spiro atoms. The highest BCUT2D eigenvalue weighted by molar-refractivity contribution is 6.03. The second kappa shape index (κ2) is 3.57. The van der Waals surface area contributed by atoms with Gasteiger partial charge in [0.05, 0.1) is 11.7 Å². The van der Waals surface area contributed by atoms with E-state index in [1.165, 1.54) is 0 Å². The Kier molecular flexibility index (Phi) is 2.39. The molecule has 3 N–H and O–H groups in total. The van der Waals surface area contributed by atoms with E-state index in [1.54, 1.807) is 6.92 Å². The van der Waals surface area contributed by atoms with E-state index in [1.807, 2.05) is 19.1 Å². The number of hydrogen-bond acceptors (Lipinski definition) is 3. The zero-order valence-electron chi connectivity index (χ0n) is 9.13. The molecule has 2 rings (SSSR count). The Hall–Kier alpha value is -1.51. The number of hydrogen-bond donors (Lipinski definition) is 2. The predicted octanol–water partition coefficient (Wildman–Crippen LogP) is 2.51. The van der Waals surface area contributed by atoms with E-state index in [0.29, 0.717) is 17.5 Å². The topological polar surface area (TPSA) is 59.1 Å². The standard InChI is InChI=1S/C12H16N2O/c1-7-5-10(14)12(8(2)13)11(6-7)15-9-3-4-9/h5-6,9,13H,3-4,14H2,1-2H3. The Balaban J connectivity index is 2.42. The molecule has 0 unspecified atom stereocenters. The maximum absolute atomic E-state index is 7.69.